The molecule has 0 saturated heterocycles. The van der Waals surface area contributed by atoms with Crippen LogP contribution in [0.15, 0.2) is 24.3 Å². The first-order valence-corrected chi connectivity index (χ1v) is 7.10. The van der Waals surface area contributed by atoms with Gasteiger partial charge < -0.3 is 15.4 Å². The average Bonchev–Trinajstić information content (AvgIpc) is 2.44. The Balaban J connectivity index is 2.69. The van der Waals surface area contributed by atoms with E-state index >= 15 is 0 Å². The summed E-state index contributed by atoms with van der Waals surface area (Å²) in [5.41, 5.74) is 0.0687. The van der Waals surface area contributed by atoms with Crippen molar-refractivity contribution < 1.29 is 19.1 Å². The van der Waals surface area contributed by atoms with Gasteiger partial charge in [-0.2, -0.15) is 0 Å². The van der Waals surface area contributed by atoms with Crippen LogP contribution in [0, 0.1) is 5.41 Å². The Morgan fingerprint density at radius 3 is 2.36 bits per heavy atom. The minimum absolute atomic E-state index is 0.159. The maximum Gasteiger partial charge on any atom is 0.340 e. The van der Waals surface area contributed by atoms with Crippen molar-refractivity contribution in [1.82, 2.24) is 5.32 Å². The molecule has 2 amide bonds. The lowest BCUT2D eigenvalue weighted by Crippen LogP contribution is -2.39. The first kappa shape index (κ1) is 17.7. The molecule has 1 rings (SSSR count). The molecule has 0 unspecified atom stereocenters. The van der Waals surface area contributed by atoms with Gasteiger partial charge in [0, 0.05) is 5.41 Å². The molecule has 0 heterocycles. The molecule has 6 heteroatoms. The van der Waals surface area contributed by atoms with Crippen LogP contribution < -0.4 is 10.6 Å². The molecule has 120 valence electrons. The summed E-state index contributed by atoms with van der Waals surface area (Å²) in [6, 6.07) is 6.56. The third-order valence-electron chi connectivity index (χ3n) is 2.79. The summed E-state index contributed by atoms with van der Waals surface area (Å²) in [7, 11) is 0. The Morgan fingerprint density at radius 2 is 1.77 bits per heavy atom. The Labute approximate surface area is 130 Å². The van der Waals surface area contributed by atoms with Crippen LogP contribution in [-0.4, -0.2) is 30.9 Å². The lowest BCUT2D eigenvalue weighted by atomic mass is 9.96. The van der Waals surface area contributed by atoms with Crippen LogP contribution in [0.2, 0.25) is 0 Å². The van der Waals surface area contributed by atoms with E-state index in [9.17, 15) is 14.4 Å². The van der Waals surface area contributed by atoms with Gasteiger partial charge in [-0.05, 0) is 19.1 Å². The molecular weight excluding hydrogens is 284 g/mol. The largest absolute Gasteiger partial charge is 0.462 e. The van der Waals surface area contributed by atoms with Gasteiger partial charge in [-0.3, -0.25) is 9.59 Å². The fourth-order valence-electron chi connectivity index (χ4n) is 1.60. The fourth-order valence-corrected chi connectivity index (χ4v) is 1.60. The Kier molecular flexibility index (Phi) is 6.10. The van der Waals surface area contributed by atoms with Crippen molar-refractivity contribution in [1.29, 1.82) is 0 Å². The zero-order valence-corrected chi connectivity index (χ0v) is 13.4. The first-order valence-electron chi connectivity index (χ1n) is 7.10. The van der Waals surface area contributed by atoms with Crippen molar-refractivity contribution >= 4 is 23.5 Å². The summed E-state index contributed by atoms with van der Waals surface area (Å²) in [5.74, 6) is -1.13. The van der Waals surface area contributed by atoms with Crippen molar-refractivity contribution in [2.24, 2.45) is 5.41 Å². The Hall–Kier alpha value is -2.37. The molecule has 0 fully saturated rings. The number of carbonyl (C=O) groups excluding carboxylic acids is 3. The zero-order chi connectivity index (χ0) is 16.8. The first-order chi connectivity index (χ1) is 10.3. The Bertz CT molecular complexity index is 562. The molecule has 6 nitrogen and oxygen atoms in total. The number of hydrogen-bond donors (Lipinski definition) is 2. The number of para-hydroxylation sites is 1. The van der Waals surface area contributed by atoms with Gasteiger partial charge in [-0.1, -0.05) is 32.9 Å². The smallest absolute Gasteiger partial charge is 0.340 e. The maximum atomic E-state index is 11.9. The molecule has 1 aromatic carbocycles. The number of benzene rings is 1. The minimum Gasteiger partial charge on any atom is -0.462 e. The topological polar surface area (TPSA) is 84.5 Å². The lowest BCUT2D eigenvalue weighted by Gasteiger charge is -2.17. The summed E-state index contributed by atoms with van der Waals surface area (Å²) in [6.07, 6.45) is 0. The standard InChI is InChI=1S/C16H22N2O4/c1-5-22-14(20)11-8-6-7-9-12(11)18-13(19)10-17-15(21)16(2,3)4/h6-9H,5,10H2,1-4H3,(H,17,21)(H,18,19). The van der Waals surface area contributed by atoms with Crippen molar-refractivity contribution in [3.63, 3.8) is 0 Å². The molecule has 22 heavy (non-hydrogen) atoms. The van der Waals surface area contributed by atoms with Gasteiger partial charge in [-0.25, -0.2) is 4.79 Å². The SMILES string of the molecule is CCOC(=O)c1ccccc1NC(=O)CNC(=O)C(C)(C)C. The predicted octanol–water partition coefficient (Wildman–Crippen LogP) is 1.96. The third-order valence-corrected chi connectivity index (χ3v) is 2.79. The van der Waals surface area contributed by atoms with E-state index in [2.05, 4.69) is 10.6 Å². The van der Waals surface area contributed by atoms with Gasteiger partial charge in [0.2, 0.25) is 11.8 Å². The number of esters is 1. The van der Waals surface area contributed by atoms with E-state index in [0.717, 1.165) is 0 Å². The minimum atomic E-state index is -0.566. The molecule has 0 aliphatic heterocycles. The monoisotopic (exact) mass is 306 g/mol. The summed E-state index contributed by atoms with van der Waals surface area (Å²) in [5, 5.41) is 5.15. The van der Waals surface area contributed by atoms with E-state index < -0.39 is 17.3 Å². The van der Waals surface area contributed by atoms with Gasteiger partial charge in [0.05, 0.1) is 24.4 Å². The van der Waals surface area contributed by atoms with E-state index in [1.807, 2.05) is 0 Å². The van der Waals surface area contributed by atoms with Crippen LogP contribution in [0.25, 0.3) is 0 Å². The molecule has 1 aromatic rings. The summed E-state index contributed by atoms with van der Waals surface area (Å²) in [6.45, 7) is 7.08. The number of nitrogens with one attached hydrogen (secondary N) is 2. The van der Waals surface area contributed by atoms with E-state index in [4.69, 9.17) is 4.74 Å². The van der Waals surface area contributed by atoms with Gasteiger partial charge in [0.25, 0.3) is 0 Å². The highest BCUT2D eigenvalue weighted by Gasteiger charge is 2.21. The van der Waals surface area contributed by atoms with Crippen molar-refractivity contribution in [2.75, 3.05) is 18.5 Å². The van der Waals surface area contributed by atoms with Gasteiger partial charge in [0.15, 0.2) is 0 Å². The highest BCUT2D eigenvalue weighted by Crippen LogP contribution is 2.16. The predicted molar refractivity (Wildman–Crippen MR) is 83.5 cm³/mol. The highest BCUT2D eigenvalue weighted by atomic mass is 16.5. The maximum absolute atomic E-state index is 11.9. The number of anilines is 1. The number of ether oxygens (including phenoxy) is 1. The van der Waals surface area contributed by atoms with Crippen LogP contribution in [-0.2, 0) is 14.3 Å². The van der Waals surface area contributed by atoms with Crippen LogP contribution in [0.3, 0.4) is 0 Å². The van der Waals surface area contributed by atoms with Gasteiger partial charge >= 0.3 is 5.97 Å². The molecule has 0 aliphatic rings. The number of hydrogen-bond acceptors (Lipinski definition) is 4. The molecule has 0 saturated carbocycles. The second-order valence-corrected chi connectivity index (χ2v) is 5.75. The second kappa shape index (κ2) is 7.59. The van der Waals surface area contributed by atoms with Crippen LogP contribution >= 0.6 is 0 Å². The van der Waals surface area contributed by atoms with E-state index in [-0.39, 0.29) is 24.6 Å². The number of carbonyl (C=O) groups is 3. The van der Waals surface area contributed by atoms with E-state index in [0.29, 0.717) is 5.69 Å². The van der Waals surface area contributed by atoms with E-state index in [1.54, 1.807) is 52.0 Å². The van der Waals surface area contributed by atoms with Crippen molar-refractivity contribution in [3.8, 4) is 0 Å². The molecule has 0 aromatic heterocycles. The average molecular weight is 306 g/mol. The molecular formula is C16H22N2O4. The quantitative estimate of drug-likeness (QED) is 0.815. The second-order valence-electron chi connectivity index (χ2n) is 5.75. The third kappa shape index (κ3) is 5.20. The van der Waals surface area contributed by atoms with Crippen LogP contribution in [0.4, 0.5) is 5.69 Å². The molecule has 0 radical (unpaired) electrons. The highest BCUT2D eigenvalue weighted by molar-refractivity contribution is 6.02. The molecule has 0 bridgehead atoms. The Morgan fingerprint density at radius 1 is 1.14 bits per heavy atom. The lowest BCUT2D eigenvalue weighted by molar-refractivity contribution is -0.130. The summed E-state index contributed by atoms with van der Waals surface area (Å²) < 4.78 is 4.93. The van der Waals surface area contributed by atoms with Crippen molar-refractivity contribution in [3.05, 3.63) is 29.8 Å². The van der Waals surface area contributed by atoms with Gasteiger partial charge in [0.1, 0.15) is 0 Å². The molecule has 0 spiro atoms. The summed E-state index contributed by atoms with van der Waals surface area (Å²) >= 11 is 0. The van der Waals surface area contributed by atoms with E-state index in [1.165, 1.54) is 0 Å². The van der Waals surface area contributed by atoms with Gasteiger partial charge in [-0.15, -0.1) is 0 Å². The zero-order valence-electron chi connectivity index (χ0n) is 13.4. The molecule has 2 N–H and O–H groups in total. The van der Waals surface area contributed by atoms with Crippen LogP contribution in [0.1, 0.15) is 38.1 Å². The van der Waals surface area contributed by atoms with Crippen molar-refractivity contribution in [2.45, 2.75) is 27.7 Å². The number of rotatable bonds is 5. The molecule has 0 aliphatic carbocycles. The van der Waals surface area contributed by atoms with Crippen LogP contribution in [0.5, 0.6) is 0 Å². The number of amides is 2. The summed E-state index contributed by atoms with van der Waals surface area (Å²) in [4.78, 5) is 35.4. The fraction of sp³-hybridized carbons (Fsp3) is 0.438. The normalized spacial score (nSPS) is 10.7. The molecule has 0 atom stereocenters.